The molecule has 1 unspecified atom stereocenters. The highest BCUT2D eigenvalue weighted by Gasteiger charge is 2.31. The summed E-state index contributed by atoms with van der Waals surface area (Å²) in [6.07, 6.45) is 1.80. The average molecular weight is 361 g/mol. The fourth-order valence-corrected chi connectivity index (χ4v) is 3.88. The maximum atomic E-state index is 6.29. The van der Waals surface area contributed by atoms with Gasteiger partial charge < -0.3 is 14.6 Å². The maximum absolute atomic E-state index is 6.29. The Bertz CT molecular complexity index is 1130. The Kier molecular flexibility index (Phi) is 3.43. The minimum atomic E-state index is -0.0499. The van der Waals surface area contributed by atoms with Crippen molar-refractivity contribution < 1.29 is 9.26 Å². The third kappa shape index (κ3) is 2.24. The van der Waals surface area contributed by atoms with Gasteiger partial charge in [0.25, 0.3) is 0 Å². The fourth-order valence-electron chi connectivity index (χ4n) is 3.88. The number of anilines is 1. The first kappa shape index (κ1) is 15.9. The Morgan fingerprint density at radius 2 is 2.07 bits per heavy atom. The van der Waals surface area contributed by atoms with Crippen LogP contribution in [0.25, 0.3) is 22.2 Å². The number of benzene rings is 1. The molecule has 1 N–H and O–H groups in total. The van der Waals surface area contributed by atoms with Gasteiger partial charge >= 0.3 is 0 Å². The lowest BCUT2D eigenvalue weighted by Gasteiger charge is -2.28. The largest absolute Gasteiger partial charge is 0.488 e. The molecule has 1 aromatic carbocycles. The molecule has 0 amide bonds. The number of aryl methyl sites for hydroxylation is 2. The van der Waals surface area contributed by atoms with Gasteiger partial charge in [-0.05, 0) is 38.1 Å². The summed E-state index contributed by atoms with van der Waals surface area (Å²) in [6.45, 7) is 4.34. The lowest BCUT2D eigenvalue weighted by atomic mass is 10.0. The molecular formula is C20H19N5O2. The van der Waals surface area contributed by atoms with Gasteiger partial charge in [-0.15, -0.1) is 0 Å². The Balaban J connectivity index is 1.80. The Morgan fingerprint density at radius 1 is 1.19 bits per heavy atom. The van der Waals surface area contributed by atoms with E-state index in [1.54, 1.807) is 6.20 Å². The van der Waals surface area contributed by atoms with Crippen molar-refractivity contribution in [2.75, 3.05) is 19.0 Å². The number of imidazole rings is 1. The van der Waals surface area contributed by atoms with Gasteiger partial charge in [0.2, 0.25) is 5.95 Å². The lowest BCUT2D eigenvalue weighted by molar-refractivity contribution is 0.258. The molecule has 4 aromatic rings. The highest BCUT2D eigenvalue weighted by molar-refractivity contribution is 5.94. The topological polar surface area (TPSA) is 78.0 Å². The Morgan fingerprint density at radius 3 is 2.78 bits per heavy atom. The van der Waals surface area contributed by atoms with Crippen LogP contribution in [0.3, 0.4) is 0 Å². The molecule has 27 heavy (non-hydrogen) atoms. The number of rotatable bonds is 3. The molecule has 0 saturated heterocycles. The van der Waals surface area contributed by atoms with Crippen LogP contribution in [0.1, 0.15) is 23.2 Å². The molecule has 0 aliphatic carbocycles. The second kappa shape index (κ2) is 5.84. The minimum absolute atomic E-state index is 0.0499. The number of hydrogen-bond donors (Lipinski definition) is 1. The van der Waals surface area contributed by atoms with Gasteiger partial charge in [-0.3, -0.25) is 9.55 Å². The van der Waals surface area contributed by atoms with Gasteiger partial charge in [0, 0.05) is 18.8 Å². The van der Waals surface area contributed by atoms with Crippen LogP contribution in [0, 0.1) is 13.8 Å². The summed E-state index contributed by atoms with van der Waals surface area (Å²) in [5.74, 6) is 2.38. The Labute approximate surface area is 156 Å². The van der Waals surface area contributed by atoms with Crippen LogP contribution in [0.5, 0.6) is 5.75 Å². The molecule has 1 atom stereocenters. The van der Waals surface area contributed by atoms with Crippen LogP contribution in [-0.4, -0.2) is 33.3 Å². The van der Waals surface area contributed by atoms with Crippen LogP contribution in [-0.2, 0) is 0 Å². The summed E-state index contributed by atoms with van der Waals surface area (Å²) in [5.41, 5.74) is 5.58. The molecule has 7 nitrogen and oxygen atoms in total. The van der Waals surface area contributed by atoms with Crippen LogP contribution < -0.4 is 10.1 Å². The number of hydrogen-bond acceptors (Lipinski definition) is 6. The zero-order valence-electron chi connectivity index (χ0n) is 15.4. The molecule has 5 rings (SSSR count). The summed E-state index contributed by atoms with van der Waals surface area (Å²) in [5, 5.41) is 7.31. The quantitative estimate of drug-likeness (QED) is 0.599. The van der Waals surface area contributed by atoms with E-state index in [4.69, 9.17) is 14.2 Å². The minimum Gasteiger partial charge on any atom is -0.488 e. The van der Waals surface area contributed by atoms with E-state index < -0.39 is 0 Å². The third-order valence-electron chi connectivity index (χ3n) is 5.06. The van der Waals surface area contributed by atoms with Gasteiger partial charge in [0.05, 0.1) is 22.5 Å². The first-order chi connectivity index (χ1) is 13.2. The Hall–Kier alpha value is -3.35. The lowest BCUT2D eigenvalue weighted by Crippen LogP contribution is -2.25. The van der Waals surface area contributed by atoms with Gasteiger partial charge in [-0.2, -0.15) is 0 Å². The zero-order chi connectivity index (χ0) is 18.5. The highest BCUT2D eigenvalue weighted by Crippen LogP contribution is 2.45. The van der Waals surface area contributed by atoms with Crippen LogP contribution >= 0.6 is 0 Å². The summed E-state index contributed by atoms with van der Waals surface area (Å²) in [4.78, 5) is 9.29. The number of nitrogens with one attached hydrogen (secondary N) is 1. The van der Waals surface area contributed by atoms with Crippen molar-refractivity contribution in [3.05, 3.63) is 53.7 Å². The molecule has 0 radical (unpaired) electrons. The highest BCUT2D eigenvalue weighted by atomic mass is 16.5. The predicted octanol–water partition coefficient (Wildman–Crippen LogP) is 3.73. The van der Waals surface area contributed by atoms with Crippen molar-refractivity contribution in [1.29, 1.82) is 0 Å². The molecule has 3 aromatic heterocycles. The fraction of sp³-hybridized carbons (Fsp3) is 0.250. The molecule has 0 saturated carbocycles. The summed E-state index contributed by atoms with van der Waals surface area (Å²) < 4.78 is 13.8. The van der Waals surface area contributed by atoms with Gasteiger partial charge in [0.15, 0.2) is 5.75 Å². The van der Waals surface area contributed by atoms with E-state index in [0.717, 1.165) is 51.0 Å². The van der Waals surface area contributed by atoms with E-state index in [1.165, 1.54) is 0 Å². The normalized spacial score (nSPS) is 15.7. The zero-order valence-corrected chi connectivity index (χ0v) is 15.4. The molecule has 4 heterocycles. The van der Waals surface area contributed by atoms with Crippen molar-refractivity contribution in [2.24, 2.45) is 0 Å². The average Bonchev–Trinajstić information content (AvgIpc) is 3.24. The van der Waals surface area contributed by atoms with Gasteiger partial charge in [-0.25, -0.2) is 4.98 Å². The maximum Gasteiger partial charge on any atom is 0.204 e. The van der Waals surface area contributed by atoms with Crippen LogP contribution in [0.15, 0.2) is 41.1 Å². The predicted molar refractivity (Wildman–Crippen MR) is 102 cm³/mol. The second-order valence-electron chi connectivity index (χ2n) is 6.65. The van der Waals surface area contributed by atoms with E-state index in [1.807, 2.05) is 51.2 Å². The van der Waals surface area contributed by atoms with Crippen LogP contribution in [0.2, 0.25) is 0 Å². The van der Waals surface area contributed by atoms with Crippen molar-refractivity contribution in [3.63, 3.8) is 0 Å². The van der Waals surface area contributed by atoms with E-state index in [-0.39, 0.29) is 6.04 Å². The molecular weight excluding hydrogens is 342 g/mol. The SMILES string of the molecule is CNc1nc2ccc(-c3c(C)noc3C)c3c2n1C(c1ccccn1)CO3. The number of nitrogens with zero attached hydrogens (tertiary/aromatic N) is 4. The van der Waals surface area contributed by atoms with E-state index >= 15 is 0 Å². The van der Waals surface area contributed by atoms with Crippen molar-refractivity contribution in [3.8, 4) is 16.9 Å². The van der Waals surface area contributed by atoms with Crippen molar-refractivity contribution >= 4 is 17.0 Å². The number of ether oxygens (including phenoxy) is 1. The van der Waals surface area contributed by atoms with Gasteiger partial charge in [-0.1, -0.05) is 11.2 Å². The first-order valence-corrected chi connectivity index (χ1v) is 8.88. The third-order valence-corrected chi connectivity index (χ3v) is 5.06. The number of pyridine rings is 1. The first-order valence-electron chi connectivity index (χ1n) is 8.88. The van der Waals surface area contributed by atoms with Crippen molar-refractivity contribution in [2.45, 2.75) is 19.9 Å². The monoisotopic (exact) mass is 361 g/mol. The number of aromatic nitrogens is 4. The summed E-state index contributed by atoms with van der Waals surface area (Å²) in [6, 6.07) is 9.92. The summed E-state index contributed by atoms with van der Waals surface area (Å²) in [7, 11) is 1.88. The van der Waals surface area contributed by atoms with Crippen molar-refractivity contribution in [1.82, 2.24) is 19.7 Å². The molecule has 7 heteroatoms. The molecule has 1 aliphatic rings. The molecule has 136 valence electrons. The van der Waals surface area contributed by atoms with Gasteiger partial charge in [0.1, 0.15) is 23.9 Å². The van der Waals surface area contributed by atoms with E-state index in [0.29, 0.717) is 6.61 Å². The van der Waals surface area contributed by atoms with E-state index in [9.17, 15) is 0 Å². The summed E-state index contributed by atoms with van der Waals surface area (Å²) >= 11 is 0. The van der Waals surface area contributed by atoms with Crippen LogP contribution in [0.4, 0.5) is 5.95 Å². The molecule has 0 bridgehead atoms. The van der Waals surface area contributed by atoms with E-state index in [2.05, 4.69) is 20.0 Å². The molecule has 1 aliphatic heterocycles. The second-order valence-corrected chi connectivity index (χ2v) is 6.65. The smallest absolute Gasteiger partial charge is 0.204 e. The molecule has 0 fully saturated rings. The standard InChI is InChI=1S/C20H19N5O2/c1-11-17(12(2)27-24-11)13-7-8-15-18-19(13)26-10-16(14-6-4-5-9-22-14)25(18)20(21-3)23-15/h4-9,16H,10H2,1-3H3,(H,21,23). The molecule has 0 spiro atoms.